The van der Waals surface area contributed by atoms with Crippen molar-refractivity contribution in [3.63, 3.8) is 0 Å². The first-order valence-corrected chi connectivity index (χ1v) is 9.86. The molecule has 1 atom stereocenters. The van der Waals surface area contributed by atoms with Crippen LogP contribution in [0.2, 0.25) is 0 Å². The number of sulfonamides is 1. The minimum atomic E-state index is -3.38. The Balaban J connectivity index is 2.30. The third kappa shape index (κ3) is 4.00. The molecule has 0 aliphatic carbocycles. The van der Waals surface area contributed by atoms with Crippen molar-refractivity contribution in [2.75, 3.05) is 25.4 Å². The van der Waals surface area contributed by atoms with Crippen molar-refractivity contribution in [2.45, 2.75) is 37.5 Å². The molecule has 1 aromatic rings. The van der Waals surface area contributed by atoms with Crippen LogP contribution in [0, 0.1) is 6.92 Å². The van der Waals surface area contributed by atoms with E-state index in [9.17, 15) is 8.42 Å². The Kier molecular flexibility index (Phi) is 5.71. The van der Waals surface area contributed by atoms with Crippen molar-refractivity contribution >= 4 is 21.8 Å². The number of hydrogen-bond acceptors (Lipinski definition) is 4. The van der Waals surface area contributed by atoms with Crippen molar-refractivity contribution in [3.8, 4) is 0 Å². The second-order valence-electron chi connectivity index (χ2n) is 5.42. The Labute approximate surface area is 132 Å². The van der Waals surface area contributed by atoms with Gasteiger partial charge in [0.05, 0.1) is 4.90 Å². The number of aryl methyl sites for hydroxylation is 1. The van der Waals surface area contributed by atoms with Gasteiger partial charge in [0.25, 0.3) is 0 Å². The molecule has 118 valence electrons. The quantitative estimate of drug-likeness (QED) is 0.900. The fourth-order valence-corrected chi connectivity index (χ4v) is 5.47. The van der Waals surface area contributed by atoms with Crippen LogP contribution in [0.25, 0.3) is 0 Å². The second-order valence-corrected chi connectivity index (χ2v) is 8.88. The largest absolute Gasteiger partial charge is 0.313 e. The summed E-state index contributed by atoms with van der Waals surface area (Å²) in [6.45, 7) is 8.77. The molecule has 0 aromatic heterocycles. The van der Waals surface area contributed by atoms with E-state index in [2.05, 4.69) is 12.2 Å². The summed E-state index contributed by atoms with van der Waals surface area (Å²) >= 11 is 1.84. The number of benzene rings is 1. The Hall–Kier alpha value is -0.560. The molecule has 1 aliphatic rings. The van der Waals surface area contributed by atoms with E-state index in [0.29, 0.717) is 29.8 Å². The van der Waals surface area contributed by atoms with Gasteiger partial charge in [0.15, 0.2) is 0 Å². The molecular weight excluding hydrogens is 304 g/mol. The van der Waals surface area contributed by atoms with Gasteiger partial charge in [0.2, 0.25) is 10.0 Å². The lowest BCUT2D eigenvalue weighted by atomic mass is 10.1. The zero-order valence-corrected chi connectivity index (χ0v) is 14.6. The van der Waals surface area contributed by atoms with Crippen LogP contribution in [0.5, 0.6) is 0 Å². The molecule has 2 rings (SSSR count). The highest BCUT2D eigenvalue weighted by molar-refractivity contribution is 8.00. The molecule has 1 aliphatic heterocycles. The van der Waals surface area contributed by atoms with Crippen LogP contribution in [0.15, 0.2) is 23.1 Å². The fourth-order valence-electron chi connectivity index (χ4n) is 2.45. The van der Waals surface area contributed by atoms with E-state index in [1.807, 2.05) is 43.8 Å². The minimum Gasteiger partial charge on any atom is -0.313 e. The first-order valence-electron chi connectivity index (χ1n) is 7.37. The van der Waals surface area contributed by atoms with Crippen molar-refractivity contribution in [1.29, 1.82) is 0 Å². The summed E-state index contributed by atoms with van der Waals surface area (Å²) in [6, 6.07) is 5.72. The third-order valence-electron chi connectivity index (χ3n) is 3.65. The van der Waals surface area contributed by atoms with Crippen molar-refractivity contribution in [3.05, 3.63) is 29.3 Å². The van der Waals surface area contributed by atoms with E-state index in [-0.39, 0.29) is 0 Å². The van der Waals surface area contributed by atoms with Crippen LogP contribution in [0.1, 0.15) is 25.0 Å². The molecule has 0 saturated carbocycles. The maximum absolute atomic E-state index is 12.9. The van der Waals surface area contributed by atoms with Gasteiger partial charge in [-0.2, -0.15) is 16.1 Å². The first-order chi connectivity index (χ1) is 9.95. The number of rotatable bonds is 5. The van der Waals surface area contributed by atoms with E-state index in [1.165, 1.54) is 0 Å². The lowest BCUT2D eigenvalue weighted by molar-refractivity contribution is 0.424. The molecule has 4 nitrogen and oxygen atoms in total. The van der Waals surface area contributed by atoms with Gasteiger partial charge < -0.3 is 5.32 Å². The molecule has 6 heteroatoms. The van der Waals surface area contributed by atoms with E-state index < -0.39 is 10.0 Å². The van der Waals surface area contributed by atoms with Gasteiger partial charge >= 0.3 is 0 Å². The highest BCUT2D eigenvalue weighted by atomic mass is 32.2. The zero-order valence-electron chi connectivity index (χ0n) is 12.9. The Morgan fingerprint density at radius 2 is 2.19 bits per heavy atom. The van der Waals surface area contributed by atoms with E-state index in [4.69, 9.17) is 0 Å². The van der Waals surface area contributed by atoms with E-state index >= 15 is 0 Å². The van der Waals surface area contributed by atoms with Crippen LogP contribution >= 0.6 is 11.8 Å². The summed E-state index contributed by atoms with van der Waals surface area (Å²) in [4.78, 5) is 0.456. The predicted molar refractivity (Wildman–Crippen MR) is 89.2 cm³/mol. The van der Waals surface area contributed by atoms with Crippen molar-refractivity contribution in [2.24, 2.45) is 0 Å². The zero-order chi connectivity index (χ0) is 15.5. The second kappa shape index (κ2) is 7.13. The van der Waals surface area contributed by atoms with Crippen LogP contribution in [0.4, 0.5) is 0 Å². The van der Waals surface area contributed by atoms with Crippen molar-refractivity contribution in [1.82, 2.24) is 9.62 Å². The maximum Gasteiger partial charge on any atom is 0.243 e. The molecule has 0 bridgehead atoms. The summed E-state index contributed by atoms with van der Waals surface area (Å²) in [5.74, 6) is 0.872. The average molecular weight is 329 g/mol. The number of hydrogen-bond donors (Lipinski definition) is 1. The molecule has 1 unspecified atom stereocenters. The van der Waals surface area contributed by atoms with Crippen LogP contribution in [-0.2, 0) is 16.6 Å². The van der Waals surface area contributed by atoms with E-state index in [1.54, 1.807) is 4.31 Å². The molecule has 0 radical (unpaired) electrons. The number of nitrogens with one attached hydrogen (secondary N) is 1. The predicted octanol–water partition coefficient (Wildman–Crippen LogP) is 2.23. The third-order valence-corrected chi connectivity index (χ3v) is 6.80. The van der Waals surface area contributed by atoms with Gasteiger partial charge in [-0.1, -0.05) is 26.0 Å². The van der Waals surface area contributed by atoms with E-state index in [0.717, 1.165) is 23.4 Å². The molecule has 0 amide bonds. The normalized spacial score (nSPS) is 20.6. The summed E-state index contributed by atoms with van der Waals surface area (Å²) in [5.41, 5.74) is 1.83. The average Bonchev–Trinajstić information content (AvgIpc) is 2.46. The SMILES string of the molecule is CCNCc1ccc(C)c(S(=O)(=O)N2CCSC(C)C2)c1. The van der Waals surface area contributed by atoms with Crippen LogP contribution in [-0.4, -0.2) is 43.4 Å². The van der Waals surface area contributed by atoms with Crippen LogP contribution < -0.4 is 5.32 Å². The molecule has 1 saturated heterocycles. The van der Waals surface area contributed by atoms with Gasteiger partial charge in [0.1, 0.15) is 0 Å². The molecule has 1 fully saturated rings. The molecule has 1 heterocycles. The molecule has 21 heavy (non-hydrogen) atoms. The van der Waals surface area contributed by atoms with Crippen molar-refractivity contribution < 1.29 is 8.42 Å². The van der Waals surface area contributed by atoms with Gasteiger partial charge in [-0.25, -0.2) is 8.42 Å². The first kappa shape index (κ1) is 16.8. The molecule has 1 N–H and O–H groups in total. The summed E-state index contributed by atoms with van der Waals surface area (Å²) in [6.07, 6.45) is 0. The highest BCUT2D eigenvalue weighted by Gasteiger charge is 2.30. The highest BCUT2D eigenvalue weighted by Crippen LogP contribution is 2.26. The Morgan fingerprint density at radius 1 is 1.43 bits per heavy atom. The summed E-state index contributed by atoms with van der Waals surface area (Å²) in [7, 11) is -3.38. The lowest BCUT2D eigenvalue weighted by Crippen LogP contribution is -2.41. The molecule has 0 spiro atoms. The summed E-state index contributed by atoms with van der Waals surface area (Å²) < 4.78 is 27.4. The number of nitrogens with zero attached hydrogens (tertiary/aromatic N) is 1. The summed E-state index contributed by atoms with van der Waals surface area (Å²) in [5, 5.41) is 3.60. The van der Waals surface area contributed by atoms with Gasteiger partial charge in [-0.15, -0.1) is 0 Å². The Bertz CT molecular complexity index is 587. The van der Waals surface area contributed by atoms with Crippen LogP contribution in [0.3, 0.4) is 0 Å². The standard InChI is InChI=1S/C15H24N2O2S2/c1-4-16-10-14-6-5-12(2)15(9-14)21(18,19)17-7-8-20-13(3)11-17/h5-6,9,13,16H,4,7-8,10-11H2,1-3H3. The Morgan fingerprint density at radius 3 is 2.86 bits per heavy atom. The minimum absolute atomic E-state index is 0.360. The molecular formula is C15H24N2O2S2. The smallest absolute Gasteiger partial charge is 0.243 e. The van der Waals surface area contributed by atoms with Gasteiger partial charge in [0, 0.05) is 30.6 Å². The lowest BCUT2D eigenvalue weighted by Gasteiger charge is -2.30. The molecule has 1 aromatic carbocycles. The maximum atomic E-state index is 12.9. The monoisotopic (exact) mass is 328 g/mol. The fraction of sp³-hybridized carbons (Fsp3) is 0.600. The van der Waals surface area contributed by atoms with Gasteiger partial charge in [-0.3, -0.25) is 0 Å². The topological polar surface area (TPSA) is 49.4 Å². The van der Waals surface area contributed by atoms with Gasteiger partial charge in [-0.05, 0) is 30.7 Å². The number of thioether (sulfide) groups is 1.